The predicted octanol–water partition coefficient (Wildman–Crippen LogP) is 4.71. The maximum atomic E-state index is 6.47. The third kappa shape index (κ3) is 3.95. The molecule has 0 amide bonds. The van der Waals surface area contributed by atoms with E-state index in [0.29, 0.717) is 24.5 Å². The van der Waals surface area contributed by atoms with Crippen LogP contribution in [0.2, 0.25) is 0 Å². The van der Waals surface area contributed by atoms with Crippen LogP contribution in [-0.2, 0) is 6.54 Å². The smallest absolute Gasteiger partial charge is 0.125 e. The van der Waals surface area contributed by atoms with Crippen molar-refractivity contribution < 1.29 is 4.74 Å². The Morgan fingerprint density at radius 2 is 2.10 bits per heavy atom. The maximum Gasteiger partial charge on any atom is 0.125 e. The summed E-state index contributed by atoms with van der Waals surface area (Å²) in [6, 6.07) is 6.29. The van der Waals surface area contributed by atoms with Gasteiger partial charge in [-0.3, -0.25) is 0 Å². The topological polar surface area (TPSA) is 35.2 Å². The van der Waals surface area contributed by atoms with Crippen LogP contribution in [-0.4, -0.2) is 12.4 Å². The Labute approximate surface area is 133 Å². The number of benzene rings is 1. The first kappa shape index (κ1) is 16.7. The fourth-order valence-corrected chi connectivity index (χ4v) is 4.11. The molecular formula is C18H29NOS. The molecule has 3 heteroatoms. The summed E-state index contributed by atoms with van der Waals surface area (Å²) >= 11 is 1.74. The van der Waals surface area contributed by atoms with Crippen LogP contribution in [0.4, 0.5) is 0 Å². The van der Waals surface area contributed by atoms with Crippen molar-refractivity contribution in [3.05, 3.63) is 23.8 Å². The number of thioether (sulfide) groups is 1. The van der Waals surface area contributed by atoms with Crippen molar-refractivity contribution in [2.75, 3.05) is 6.26 Å². The van der Waals surface area contributed by atoms with Gasteiger partial charge in [-0.25, -0.2) is 0 Å². The van der Waals surface area contributed by atoms with Gasteiger partial charge in [-0.1, -0.05) is 33.3 Å². The summed E-state index contributed by atoms with van der Waals surface area (Å²) < 4.78 is 6.47. The van der Waals surface area contributed by atoms with Crippen molar-refractivity contribution in [3.8, 4) is 5.75 Å². The Kier molecular flexibility index (Phi) is 6.00. The highest BCUT2D eigenvalue weighted by Gasteiger charge is 2.32. The summed E-state index contributed by atoms with van der Waals surface area (Å²) in [5.74, 6) is 3.08. The summed E-state index contributed by atoms with van der Waals surface area (Å²) in [6.07, 6.45) is 6.20. The summed E-state index contributed by atoms with van der Waals surface area (Å²) in [4.78, 5) is 1.24. The Morgan fingerprint density at radius 3 is 2.71 bits per heavy atom. The Balaban J connectivity index is 2.22. The van der Waals surface area contributed by atoms with Gasteiger partial charge < -0.3 is 10.5 Å². The van der Waals surface area contributed by atoms with E-state index >= 15 is 0 Å². The molecule has 0 saturated heterocycles. The van der Waals surface area contributed by atoms with E-state index in [0.717, 1.165) is 23.7 Å². The Hall–Kier alpha value is -0.670. The Morgan fingerprint density at radius 1 is 1.33 bits per heavy atom. The third-order valence-electron chi connectivity index (χ3n) is 4.75. The lowest BCUT2D eigenvalue weighted by atomic mass is 9.75. The second-order valence-electron chi connectivity index (χ2n) is 6.62. The minimum absolute atomic E-state index is 0.330. The van der Waals surface area contributed by atoms with E-state index in [-0.39, 0.29) is 0 Å². The molecule has 2 rings (SSSR count). The molecule has 1 aromatic carbocycles. The number of nitrogens with two attached hydrogens (primary N) is 1. The van der Waals surface area contributed by atoms with Crippen molar-refractivity contribution in [3.63, 3.8) is 0 Å². The molecule has 0 bridgehead atoms. The zero-order valence-electron chi connectivity index (χ0n) is 13.8. The second kappa shape index (κ2) is 7.55. The largest absolute Gasteiger partial charge is 0.490 e. The zero-order valence-corrected chi connectivity index (χ0v) is 14.6. The van der Waals surface area contributed by atoms with Crippen LogP contribution < -0.4 is 10.5 Å². The molecule has 1 aliphatic rings. The molecule has 0 radical (unpaired) electrons. The summed E-state index contributed by atoms with van der Waals surface area (Å²) in [5, 5.41) is 0. The lowest BCUT2D eigenvalue weighted by Crippen LogP contribution is -2.36. The Bertz CT molecular complexity index is 461. The van der Waals surface area contributed by atoms with Crippen molar-refractivity contribution in [1.29, 1.82) is 0 Å². The van der Waals surface area contributed by atoms with Gasteiger partial charge in [-0.15, -0.1) is 11.8 Å². The van der Waals surface area contributed by atoms with E-state index < -0.39 is 0 Å². The zero-order chi connectivity index (χ0) is 15.4. The molecule has 1 saturated carbocycles. The monoisotopic (exact) mass is 307 g/mol. The minimum atomic E-state index is 0.330. The molecule has 21 heavy (non-hydrogen) atoms. The van der Waals surface area contributed by atoms with Crippen LogP contribution in [0.1, 0.15) is 45.6 Å². The number of hydrogen-bond donors (Lipinski definition) is 1. The molecule has 0 aromatic heterocycles. The summed E-state index contributed by atoms with van der Waals surface area (Å²) in [6.45, 7) is 7.52. The number of hydrogen-bond acceptors (Lipinski definition) is 3. The highest BCUT2D eigenvalue weighted by atomic mass is 32.2. The summed E-state index contributed by atoms with van der Waals surface area (Å²) in [7, 11) is 0. The average molecular weight is 308 g/mol. The van der Waals surface area contributed by atoms with Gasteiger partial charge in [0.05, 0.1) is 0 Å². The van der Waals surface area contributed by atoms with Gasteiger partial charge in [-0.2, -0.15) is 0 Å². The van der Waals surface area contributed by atoms with E-state index in [1.54, 1.807) is 11.8 Å². The molecule has 0 spiro atoms. The van der Waals surface area contributed by atoms with Gasteiger partial charge in [0.1, 0.15) is 11.9 Å². The molecule has 0 aliphatic heterocycles. The maximum absolute atomic E-state index is 6.47. The highest BCUT2D eigenvalue weighted by Crippen LogP contribution is 2.37. The van der Waals surface area contributed by atoms with Gasteiger partial charge in [-0.05, 0) is 49.0 Å². The molecule has 2 nitrogen and oxygen atoms in total. The van der Waals surface area contributed by atoms with E-state index in [1.807, 2.05) is 0 Å². The quantitative estimate of drug-likeness (QED) is 0.800. The van der Waals surface area contributed by atoms with E-state index in [1.165, 1.54) is 17.7 Å². The van der Waals surface area contributed by atoms with Gasteiger partial charge in [0.2, 0.25) is 0 Å². The van der Waals surface area contributed by atoms with Crippen LogP contribution in [0.5, 0.6) is 5.75 Å². The van der Waals surface area contributed by atoms with E-state index in [2.05, 4.69) is 45.2 Å². The third-order valence-corrected chi connectivity index (χ3v) is 5.58. The molecule has 1 aliphatic carbocycles. The SMILES string of the molecule is CSc1cccc(OC2CC(C)CCC2C(C)C)c1CN. The van der Waals surface area contributed by atoms with Crippen LogP contribution >= 0.6 is 11.8 Å². The lowest BCUT2D eigenvalue weighted by molar-refractivity contribution is 0.0451. The fourth-order valence-electron chi connectivity index (χ4n) is 3.46. The minimum Gasteiger partial charge on any atom is -0.490 e. The molecule has 3 atom stereocenters. The highest BCUT2D eigenvalue weighted by molar-refractivity contribution is 7.98. The standard InChI is InChI=1S/C18H29NOS/c1-12(2)14-9-8-13(3)10-17(14)20-16-6-5-7-18(21-4)15(16)11-19/h5-7,12-14,17H,8-11,19H2,1-4H3. The van der Waals surface area contributed by atoms with Gasteiger partial charge in [0, 0.05) is 17.0 Å². The van der Waals surface area contributed by atoms with E-state index in [4.69, 9.17) is 10.5 Å². The van der Waals surface area contributed by atoms with Crippen LogP contribution in [0.3, 0.4) is 0 Å². The first-order chi connectivity index (χ1) is 10.1. The normalized spacial score (nSPS) is 26.1. The first-order valence-corrected chi connectivity index (χ1v) is 9.31. The predicted molar refractivity (Wildman–Crippen MR) is 91.9 cm³/mol. The molecule has 2 N–H and O–H groups in total. The van der Waals surface area contributed by atoms with Crippen molar-refractivity contribution in [2.24, 2.45) is 23.5 Å². The van der Waals surface area contributed by atoms with E-state index in [9.17, 15) is 0 Å². The van der Waals surface area contributed by atoms with Crippen molar-refractivity contribution in [1.82, 2.24) is 0 Å². The number of ether oxygens (including phenoxy) is 1. The fraction of sp³-hybridized carbons (Fsp3) is 0.667. The van der Waals surface area contributed by atoms with Gasteiger partial charge in [0.25, 0.3) is 0 Å². The molecule has 1 fully saturated rings. The number of rotatable bonds is 5. The van der Waals surface area contributed by atoms with Crippen LogP contribution in [0, 0.1) is 17.8 Å². The van der Waals surface area contributed by atoms with Crippen LogP contribution in [0.25, 0.3) is 0 Å². The lowest BCUT2D eigenvalue weighted by Gasteiger charge is -2.37. The average Bonchev–Trinajstić information content (AvgIpc) is 2.46. The van der Waals surface area contributed by atoms with Gasteiger partial charge in [0.15, 0.2) is 0 Å². The van der Waals surface area contributed by atoms with Gasteiger partial charge >= 0.3 is 0 Å². The first-order valence-electron chi connectivity index (χ1n) is 8.09. The molecule has 3 unspecified atom stereocenters. The van der Waals surface area contributed by atoms with Crippen molar-refractivity contribution in [2.45, 2.75) is 57.6 Å². The second-order valence-corrected chi connectivity index (χ2v) is 7.47. The summed E-state index contributed by atoms with van der Waals surface area (Å²) in [5.41, 5.74) is 7.12. The molecular weight excluding hydrogens is 278 g/mol. The molecule has 1 aromatic rings. The molecule has 118 valence electrons. The van der Waals surface area contributed by atoms with Crippen LogP contribution in [0.15, 0.2) is 23.1 Å². The molecule has 0 heterocycles. The van der Waals surface area contributed by atoms with Crippen molar-refractivity contribution >= 4 is 11.8 Å².